The topological polar surface area (TPSA) is 12.4 Å². The Morgan fingerprint density at radius 3 is 2.29 bits per heavy atom. The van der Waals surface area contributed by atoms with Crippen molar-refractivity contribution in [1.82, 2.24) is 0 Å². The van der Waals surface area contributed by atoms with Gasteiger partial charge in [-0.15, -0.1) is 0 Å². The molecule has 0 spiro atoms. The van der Waals surface area contributed by atoms with Crippen molar-refractivity contribution in [1.29, 1.82) is 0 Å². The first kappa shape index (κ1) is 12.2. The lowest BCUT2D eigenvalue weighted by atomic mass is 10.1. The Morgan fingerprint density at radius 1 is 1.00 bits per heavy atom. The summed E-state index contributed by atoms with van der Waals surface area (Å²) in [5.74, 6) is 0. The minimum atomic E-state index is 0.748. The van der Waals surface area contributed by atoms with Crippen LogP contribution in [0.25, 0.3) is 0 Å². The molecule has 86 valence electrons. The van der Waals surface area contributed by atoms with E-state index in [1.165, 1.54) is 11.9 Å². The van der Waals surface area contributed by atoms with Crippen LogP contribution in [-0.2, 0) is 0 Å². The van der Waals surface area contributed by atoms with Crippen LogP contribution in [0.2, 0.25) is 5.02 Å². The SMILES string of the molecule is CC(=NSc1ccc(Cl)cc1)c1ccccc1. The predicted molar refractivity (Wildman–Crippen MR) is 76.0 cm³/mol. The predicted octanol–water partition coefficient (Wildman–Crippen LogP) is 4.86. The molecular formula is C14H12ClNS. The largest absolute Gasteiger partial charge is 0.216 e. The minimum absolute atomic E-state index is 0.748. The van der Waals surface area contributed by atoms with E-state index in [-0.39, 0.29) is 0 Å². The van der Waals surface area contributed by atoms with Crippen molar-refractivity contribution >= 4 is 29.3 Å². The van der Waals surface area contributed by atoms with E-state index in [1.54, 1.807) is 0 Å². The van der Waals surface area contributed by atoms with Crippen LogP contribution in [0.3, 0.4) is 0 Å². The third-order valence-electron chi connectivity index (χ3n) is 2.29. The molecule has 0 atom stereocenters. The first-order chi connectivity index (χ1) is 8.25. The molecule has 2 aromatic rings. The highest BCUT2D eigenvalue weighted by Crippen LogP contribution is 2.22. The number of hydrogen-bond donors (Lipinski definition) is 0. The molecule has 0 aliphatic heterocycles. The molecule has 0 saturated carbocycles. The van der Waals surface area contributed by atoms with E-state index in [4.69, 9.17) is 11.6 Å². The van der Waals surface area contributed by atoms with Gasteiger partial charge >= 0.3 is 0 Å². The summed E-state index contributed by atoms with van der Waals surface area (Å²) < 4.78 is 4.48. The van der Waals surface area contributed by atoms with Crippen molar-refractivity contribution in [2.75, 3.05) is 0 Å². The molecule has 0 saturated heterocycles. The lowest BCUT2D eigenvalue weighted by Gasteiger charge is -2.00. The summed E-state index contributed by atoms with van der Waals surface area (Å²) in [6.45, 7) is 2.01. The normalized spacial score (nSPS) is 11.5. The fraction of sp³-hybridized carbons (Fsp3) is 0.0714. The number of benzene rings is 2. The standard InChI is InChI=1S/C14H12ClNS/c1-11(12-5-3-2-4-6-12)16-17-14-9-7-13(15)8-10-14/h2-10H,1H3. The van der Waals surface area contributed by atoms with Gasteiger partial charge in [0.05, 0.1) is 5.71 Å². The average molecular weight is 262 g/mol. The minimum Gasteiger partial charge on any atom is -0.216 e. The molecule has 1 nitrogen and oxygen atoms in total. The van der Waals surface area contributed by atoms with Crippen LogP contribution >= 0.6 is 23.5 Å². The number of rotatable bonds is 3. The second kappa shape index (κ2) is 5.89. The van der Waals surface area contributed by atoms with Crippen LogP contribution < -0.4 is 0 Å². The van der Waals surface area contributed by atoms with E-state index in [1.807, 2.05) is 49.4 Å². The number of hydrogen-bond acceptors (Lipinski definition) is 2. The Bertz CT molecular complexity index is 506. The Morgan fingerprint density at radius 2 is 1.65 bits per heavy atom. The van der Waals surface area contributed by atoms with E-state index in [2.05, 4.69) is 16.5 Å². The molecule has 0 aliphatic carbocycles. The van der Waals surface area contributed by atoms with Gasteiger partial charge in [-0.1, -0.05) is 41.9 Å². The Hall–Kier alpha value is -1.25. The molecule has 0 bridgehead atoms. The number of nitrogens with zero attached hydrogens (tertiary/aromatic N) is 1. The van der Waals surface area contributed by atoms with Crippen molar-refractivity contribution in [3.8, 4) is 0 Å². The lowest BCUT2D eigenvalue weighted by molar-refractivity contribution is 1.46. The van der Waals surface area contributed by atoms with E-state index < -0.39 is 0 Å². The summed E-state index contributed by atoms with van der Waals surface area (Å²) in [6.07, 6.45) is 0. The molecule has 2 rings (SSSR count). The zero-order valence-electron chi connectivity index (χ0n) is 9.43. The van der Waals surface area contributed by atoms with E-state index in [0.29, 0.717) is 0 Å². The Kier molecular flexibility index (Phi) is 4.24. The third kappa shape index (κ3) is 3.62. The highest BCUT2D eigenvalue weighted by molar-refractivity contribution is 7.98. The summed E-state index contributed by atoms with van der Waals surface area (Å²) >= 11 is 7.29. The van der Waals surface area contributed by atoms with Crippen LogP contribution in [0, 0.1) is 0 Å². The van der Waals surface area contributed by atoms with Crippen LogP contribution in [0.4, 0.5) is 0 Å². The van der Waals surface area contributed by atoms with Gasteiger partial charge in [-0.3, -0.25) is 0 Å². The maximum absolute atomic E-state index is 5.83. The molecule has 0 aromatic heterocycles. The second-order valence-electron chi connectivity index (χ2n) is 3.59. The maximum atomic E-state index is 5.83. The van der Waals surface area contributed by atoms with Crippen molar-refractivity contribution in [2.24, 2.45) is 4.40 Å². The lowest BCUT2D eigenvalue weighted by Crippen LogP contribution is -1.91. The third-order valence-corrected chi connectivity index (χ3v) is 3.39. The Balaban J connectivity index is 2.08. The van der Waals surface area contributed by atoms with Gasteiger partial charge in [0.25, 0.3) is 0 Å². The fourth-order valence-corrected chi connectivity index (χ4v) is 2.08. The molecule has 3 heteroatoms. The molecule has 17 heavy (non-hydrogen) atoms. The molecule has 0 heterocycles. The molecule has 0 unspecified atom stereocenters. The highest BCUT2D eigenvalue weighted by atomic mass is 35.5. The van der Waals surface area contributed by atoms with Crippen LogP contribution in [0.1, 0.15) is 12.5 Å². The van der Waals surface area contributed by atoms with Gasteiger partial charge in [0.2, 0.25) is 0 Å². The maximum Gasteiger partial charge on any atom is 0.0532 e. The molecule has 0 amide bonds. The van der Waals surface area contributed by atoms with Crippen molar-refractivity contribution < 1.29 is 0 Å². The van der Waals surface area contributed by atoms with Crippen LogP contribution in [0.15, 0.2) is 63.9 Å². The quantitative estimate of drug-likeness (QED) is 0.568. The van der Waals surface area contributed by atoms with Crippen LogP contribution in [-0.4, -0.2) is 5.71 Å². The van der Waals surface area contributed by atoms with Crippen LogP contribution in [0.5, 0.6) is 0 Å². The average Bonchev–Trinajstić information content (AvgIpc) is 2.39. The van der Waals surface area contributed by atoms with Gasteiger partial charge in [0.1, 0.15) is 0 Å². The van der Waals surface area contributed by atoms with Gasteiger partial charge in [-0.2, -0.15) is 0 Å². The molecule has 0 aliphatic rings. The van der Waals surface area contributed by atoms with Gasteiger partial charge in [-0.25, -0.2) is 4.40 Å². The summed E-state index contributed by atoms with van der Waals surface area (Å²) in [5.41, 5.74) is 2.17. The van der Waals surface area contributed by atoms with Gasteiger partial charge in [0, 0.05) is 21.9 Å². The van der Waals surface area contributed by atoms with Crippen molar-refractivity contribution in [2.45, 2.75) is 11.8 Å². The molecule has 2 aromatic carbocycles. The van der Waals surface area contributed by atoms with E-state index >= 15 is 0 Å². The van der Waals surface area contributed by atoms with E-state index in [0.717, 1.165) is 21.2 Å². The first-order valence-corrected chi connectivity index (χ1v) is 6.43. The highest BCUT2D eigenvalue weighted by Gasteiger charge is 1.97. The van der Waals surface area contributed by atoms with Gasteiger partial charge in [-0.05, 0) is 36.8 Å². The van der Waals surface area contributed by atoms with Gasteiger partial charge < -0.3 is 0 Å². The number of halogens is 1. The zero-order chi connectivity index (χ0) is 12.1. The van der Waals surface area contributed by atoms with E-state index in [9.17, 15) is 0 Å². The summed E-state index contributed by atoms with van der Waals surface area (Å²) in [7, 11) is 0. The molecule has 0 fully saturated rings. The summed E-state index contributed by atoms with van der Waals surface area (Å²) in [6, 6.07) is 17.8. The summed E-state index contributed by atoms with van der Waals surface area (Å²) in [4.78, 5) is 1.09. The monoisotopic (exact) mass is 261 g/mol. The van der Waals surface area contributed by atoms with Crippen molar-refractivity contribution in [3.05, 3.63) is 65.2 Å². The smallest absolute Gasteiger partial charge is 0.0532 e. The second-order valence-corrected chi connectivity index (χ2v) is 4.86. The van der Waals surface area contributed by atoms with Crippen molar-refractivity contribution in [3.63, 3.8) is 0 Å². The first-order valence-electron chi connectivity index (χ1n) is 5.28. The van der Waals surface area contributed by atoms with Gasteiger partial charge in [0.15, 0.2) is 0 Å². The molecule has 0 N–H and O–H groups in total. The Labute approximate surface area is 111 Å². The zero-order valence-corrected chi connectivity index (χ0v) is 11.0. The fourth-order valence-electron chi connectivity index (χ4n) is 1.35. The molecule has 0 radical (unpaired) electrons. The summed E-state index contributed by atoms with van der Waals surface area (Å²) in [5, 5.41) is 0.748. The molecular weight excluding hydrogens is 250 g/mol.